The van der Waals surface area contributed by atoms with Crippen LogP contribution in [0.15, 0.2) is 207 Å². The fourth-order valence-corrected chi connectivity index (χ4v) is 15.7. The molecule has 13 rings (SSSR count). The van der Waals surface area contributed by atoms with Crippen molar-refractivity contribution in [3.8, 4) is 33.4 Å². The second-order valence-corrected chi connectivity index (χ2v) is 37.0. The normalized spacial score (nSPS) is 14.9. The molecule has 0 fully saturated rings. The summed E-state index contributed by atoms with van der Waals surface area (Å²) in [6, 6.07) is 72.7. The minimum atomic E-state index is -1.45. The molecule has 0 bridgehead atoms. The molecule has 0 unspecified atom stereocenters. The van der Waals surface area contributed by atoms with Crippen molar-refractivity contribution in [2.24, 2.45) is 0 Å². The molecular weight excluding hydrogens is 1040 g/mol. The third kappa shape index (κ3) is 9.46. The second kappa shape index (κ2) is 19.9. The number of rotatable bonds is 12. The fraction of sp³-hybridized carbons (Fsp3) is 0.195. The maximum atomic E-state index is 4.85. The van der Waals surface area contributed by atoms with E-state index >= 15 is 0 Å². The highest BCUT2D eigenvalue weighted by molar-refractivity contribution is 6.89. The van der Waals surface area contributed by atoms with E-state index < -0.39 is 16.1 Å². The molecule has 0 saturated heterocycles. The summed E-state index contributed by atoms with van der Waals surface area (Å²) in [5.74, 6) is 1.82. The summed E-state index contributed by atoms with van der Waals surface area (Å²) in [6.07, 6.45) is 12.9. The molecule has 8 aromatic carbocycles. The molecule has 0 N–H and O–H groups in total. The van der Waals surface area contributed by atoms with Crippen molar-refractivity contribution in [2.75, 3.05) is 9.80 Å². The van der Waals surface area contributed by atoms with Crippen molar-refractivity contribution in [1.29, 1.82) is 0 Å². The highest BCUT2D eigenvalue weighted by Gasteiger charge is 2.39. The number of fused-ring (bicyclic) bond motifs is 9. The molecule has 83 heavy (non-hydrogen) atoms. The zero-order chi connectivity index (χ0) is 57.8. The van der Waals surface area contributed by atoms with E-state index in [2.05, 4.69) is 297 Å². The van der Waals surface area contributed by atoms with Gasteiger partial charge < -0.3 is 0 Å². The molecule has 3 aliphatic rings. The summed E-state index contributed by atoms with van der Waals surface area (Å²) in [6.45, 7) is 28.7. The van der Waals surface area contributed by atoms with Crippen LogP contribution >= 0.6 is 0 Å². The van der Waals surface area contributed by atoms with Crippen LogP contribution in [0.2, 0.25) is 39.3 Å². The first-order chi connectivity index (χ1) is 39.6. The maximum absolute atomic E-state index is 4.85. The quantitative estimate of drug-likeness (QED) is 0.0901. The van der Waals surface area contributed by atoms with Crippen LogP contribution in [-0.4, -0.2) is 26.1 Å². The molecule has 0 saturated carbocycles. The van der Waals surface area contributed by atoms with E-state index in [1.807, 2.05) is 24.5 Å². The number of nitrogens with zero attached hydrogens (tertiary/aromatic N) is 4. The largest absolute Gasteiger partial charge is 0.295 e. The van der Waals surface area contributed by atoms with E-state index in [1.165, 1.54) is 99.4 Å². The summed E-state index contributed by atoms with van der Waals surface area (Å²) >= 11 is 0. The second-order valence-electron chi connectivity index (χ2n) is 26.9. The molecular formula is C77H74N4Si2. The van der Waals surface area contributed by atoms with Crippen LogP contribution in [0.1, 0.15) is 97.2 Å². The predicted molar refractivity (Wildman–Crippen MR) is 361 cm³/mol. The van der Waals surface area contributed by atoms with E-state index in [0.29, 0.717) is 0 Å². The molecule has 6 heteroatoms. The molecule has 2 aromatic heterocycles. The number of hydrogen-bond donors (Lipinski definition) is 0. The van der Waals surface area contributed by atoms with Crippen LogP contribution in [0, 0.1) is 0 Å². The van der Waals surface area contributed by atoms with Crippen molar-refractivity contribution in [1.82, 2.24) is 9.97 Å². The topological polar surface area (TPSA) is 32.3 Å². The van der Waals surface area contributed by atoms with Gasteiger partial charge in [0.15, 0.2) is 0 Å². The zero-order valence-electron chi connectivity index (χ0n) is 50.2. The molecule has 0 atom stereocenters. The Kier molecular flexibility index (Phi) is 12.9. The van der Waals surface area contributed by atoms with Gasteiger partial charge in [-0.1, -0.05) is 237 Å². The number of benzene rings is 8. The van der Waals surface area contributed by atoms with Gasteiger partial charge in [-0.25, -0.2) is 9.97 Å². The van der Waals surface area contributed by atoms with Crippen molar-refractivity contribution in [3.63, 3.8) is 0 Å². The Morgan fingerprint density at radius 2 is 0.566 bits per heavy atom. The summed E-state index contributed by atoms with van der Waals surface area (Å²) in [5.41, 5.74) is 24.7. The number of pyridine rings is 2. The van der Waals surface area contributed by atoms with Crippen molar-refractivity contribution < 1.29 is 0 Å². The van der Waals surface area contributed by atoms with Gasteiger partial charge in [-0.2, -0.15) is 0 Å². The number of aromatic nitrogens is 2. The Balaban J connectivity index is 0.724. The van der Waals surface area contributed by atoms with Crippen molar-refractivity contribution in [3.05, 3.63) is 262 Å². The molecule has 3 aliphatic carbocycles. The molecule has 0 aliphatic heterocycles. The lowest BCUT2D eigenvalue weighted by Crippen LogP contribution is -2.37. The smallest absolute Gasteiger partial charge is 0.137 e. The van der Waals surface area contributed by atoms with Crippen LogP contribution in [0.3, 0.4) is 0 Å². The predicted octanol–water partition coefficient (Wildman–Crippen LogP) is 19.8. The van der Waals surface area contributed by atoms with E-state index in [1.54, 1.807) is 0 Å². The van der Waals surface area contributed by atoms with Crippen molar-refractivity contribution >= 4 is 85.2 Å². The van der Waals surface area contributed by atoms with Gasteiger partial charge in [-0.05, 0) is 162 Å². The minimum Gasteiger partial charge on any atom is -0.295 e. The van der Waals surface area contributed by atoms with Crippen LogP contribution < -0.4 is 20.2 Å². The monoisotopic (exact) mass is 1110 g/mol. The van der Waals surface area contributed by atoms with Crippen molar-refractivity contribution in [2.45, 2.75) is 97.1 Å². The van der Waals surface area contributed by atoms with Gasteiger partial charge in [-0.15, -0.1) is 0 Å². The summed E-state index contributed by atoms with van der Waals surface area (Å²) in [7, 11) is -2.91. The third-order valence-electron chi connectivity index (χ3n) is 18.3. The Bertz CT molecular complexity index is 3960. The average Bonchev–Trinajstić information content (AvgIpc) is 4.10. The van der Waals surface area contributed by atoms with Gasteiger partial charge in [0.25, 0.3) is 0 Å². The van der Waals surface area contributed by atoms with Crippen LogP contribution in [0.5, 0.6) is 0 Å². The first-order valence-electron chi connectivity index (χ1n) is 29.5. The van der Waals surface area contributed by atoms with Gasteiger partial charge in [0.1, 0.15) is 11.6 Å². The van der Waals surface area contributed by atoms with E-state index in [9.17, 15) is 0 Å². The third-order valence-corrected chi connectivity index (χ3v) is 22.4. The summed E-state index contributed by atoms with van der Waals surface area (Å²) in [5, 5.41) is 2.90. The highest BCUT2D eigenvalue weighted by atomic mass is 28.3. The lowest BCUT2D eigenvalue weighted by molar-refractivity contribution is 0.660. The molecule has 0 amide bonds. The average molecular weight is 1110 g/mol. The number of anilines is 6. The minimum absolute atomic E-state index is 0.157. The molecule has 0 spiro atoms. The van der Waals surface area contributed by atoms with E-state index in [0.717, 1.165) is 34.4 Å². The van der Waals surface area contributed by atoms with Gasteiger partial charge >= 0.3 is 0 Å². The van der Waals surface area contributed by atoms with Crippen LogP contribution in [0.4, 0.5) is 34.4 Å². The summed E-state index contributed by atoms with van der Waals surface area (Å²) < 4.78 is 0. The lowest BCUT2D eigenvalue weighted by atomic mass is 9.81. The van der Waals surface area contributed by atoms with Gasteiger partial charge in [-0.3, -0.25) is 9.80 Å². The molecule has 4 nitrogen and oxygen atoms in total. The Labute approximate surface area is 494 Å². The fourth-order valence-electron chi connectivity index (χ4n) is 13.4. The van der Waals surface area contributed by atoms with E-state index in [4.69, 9.17) is 9.97 Å². The van der Waals surface area contributed by atoms with E-state index in [-0.39, 0.29) is 16.2 Å². The van der Waals surface area contributed by atoms with Crippen LogP contribution in [-0.2, 0) is 16.2 Å². The Hall–Kier alpha value is -8.43. The van der Waals surface area contributed by atoms with Gasteiger partial charge in [0.05, 0.1) is 16.1 Å². The lowest BCUT2D eigenvalue weighted by Gasteiger charge is -2.28. The molecule has 0 radical (unpaired) electrons. The molecule has 10 aromatic rings. The molecule has 2 heterocycles. The zero-order valence-corrected chi connectivity index (χ0v) is 52.2. The van der Waals surface area contributed by atoms with Gasteiger partial charge in [0, 0.05) is 51.4 Å². The summed E-state index contributed by atoms with van der Waals surface area (Å²) in [4.78, 5) is 14.3. The standard InChI is InChI=1S/C77H74N4Si2/c1-75(2)67-45-51(19-21-53-25-39-63-65-41-31-57(49-71(65)76(3,4)69(63)47-53)80(73-17-13-15-43-78-73)55-27-33-59(34-28-55)82(7,8)9)23-37-61(67)62-38-24-52(46-68(62)75)20-22-54-26-40-64-66-42-32-58(50-72(66)77(5,6)70(64)48-54)81(74-18-14-16-44-79-74)56-29-35-60(36-30-56)83(10,11)12/h13-50H,1-12H3. The number of hydrogen-bond acceptors (Lipinski definition) is 4. The Morgan fingerprint density at radius 3 is 0.831 bits per heavy atom. The van der Waals surface area contributed by atoms with Crippen LogP contribution in [0.25, 0.3) is 57.7 Å². The first kappa shape index (κ1) is 53.9. The maximum Gasteiger partial charge on any atom is 0.137 e. The molecule has 410 valence electrons. The van der Waals surface area contributed by atoms with Gasteiger partial charge in [0.2, 0.25) is 0 Å². The SMILES string of the molecule is CC1(C)c2cc(C=Cc3ccc4c(c3)C(C)(C)c3cc(N(c5ccc([Si](C)(C)C)cc5)c5ccccn5)ccc3-4)ccc2-c2ccc(C=Cc3ccc4c(c3)C(C)(C)c3cc(N(c5ccc([Si](C)(C)C)cc5)c5ccccn5)ccc3-4)cc21. The Morgan fingerprint density at radius 1 is 0.301 bits per heavy atom. The highest BCUT2D eigenvalue weighted by Crippen LogP contribution is 2.54. The first-order valence-corrected chi connectivity index (χ1v) is 36.5.